The molecule has 0 radical (unpaired) electrons. The Bertz CT molecular complexity index is 418. The van der Waals surface area contributed by atoms with E-state index in [0.29, 0.717) is 0 Å². The minimum absolute atomic E-state index is 0.761. The summed E-state index contributed by atoms with van der Waals surface area (Å²) in [6.45, 7) is 2.80. The van der Waals surface area contributed by atoms with Crippen molar-refractivity contribution in [2.24, 2.45) is 0 Å². The fourth-order valence-corrected chi connectivity index (χ4v) is 1.34. The van der Waals surface area contributed by atoms with Crippen molar-refractivity contribution in [2.75, 3.05) is 7.05 Å². The van der Waals surface area contributed by atoms with E-state index in [0.717, 1.165) is 23.6 Å². The van der Waals surface area contributed by atoms with Crippen LogP contribution in [0.2, 0.25) is 0 Å². The van der Waals surface area contributed by atoms with Crippen LogP contribution in [0.25, 0.3) is 5.78 Å². The van der Waals surface area contributed by atoms with Gasteiger partial charge in [0.05, 0.1) is 5.69 Å². The molecule has 4 nitrogen and oxygen atoms in total. The molecule has 2 aromatic rings. The lowest BCUT2D eigenvalue weighted by Crippen LogP contribution is -2.06. The molecule has 2 aromatic heterocycles. The van der Waals surface area contributed by atoms with Gasteiger partial charge in [-0.25, -0.2) is 9.97 Å². The molecule has 0 saturated heterocycles. The number of aromatic nitrogens is 3. The van der Waals surface area contributed by atoms with Crippen molar-refractivity contribution in [3.8, 4) is 0 Å². The Balaban J connectivity index is 2.48. The molecule has 0 saturated carbocycles. The molecule has 2 rings (SSSR count). The van der Waals surface area contributed by atoms with Crippen molar-refractivity contribution in [2.45, 2.75) is 13.5 Å². The molecule has 13 heavy (non-hydrogen) atoms. The summed E-state index contributed by atoms with van der Waals surface area (Å²) in [6, 6.07) is 0. The Hall–Kier alpha value is -1.42. The second-order valence-electron chi connectivity index (χ2n) is 3.08. The van der Waals surface area contributed by atoms with Gasteiger partial charge in [-0.1, -0.05) is 0 Å². The van der Waals surface area contributed by atoms with Crippen LogP contribution in [0.4, 0.5) is 0 Å². The molecular formula is C9H12N4. The van der Waals surface area contributed by atoms with E-state index in [9.17, 15) is 0 Å². The normalized spacial score (nSPS) is 10.9. The Morgan fingerprint density at radius 1 is 1.46 bits per heavy atom. The van der Waals surface area contributed by atoms with E-state index in [1.54, 1.807) is 0 Å². The summed E-state index contributed by atoms with van der Waals surface area (Å²) in [5.74, 6) is 0.761. The Kier molecular flexibility index (Phi) is 1.98. The Morgan fingerprint density at radius 3 is 3.08 bits per heavy atom. The number of rotatable bonds is 2. The van der Waals surface area contributed by atoms with Crippen LogP contribution < -0.4 is 5.32 Å². The summed E-state index contributed by atoms with van der Waals surface area (Å²) < 4.78 is 1.95. The van der Waals surface area contributed by atoms with E-state index in [4.69, 9.17) is 0 Å². The van der Waals surface area contributed by atoms with Crippen molar-refractivity contribution in [3.05, 3.63) is 29.8 Å². The lowest BCUT2D eigenvalue weighted by molar-refractivity contribution is 0.804. The Labute approximate surface area is 76.6 Å². The zero-order valence-electron chi connectivity index (χ0n) is 7.78. The third-order valence-electron chi connectivity index (χ3n) is 1.86. The van der Waals surface area contributed by atoms with Gasteiger partial charge in [-0.2, -0.15) is 0 Å². The monoisotopic (exact) mass is 176 g/mol. The van der Waals surface area contributed by atoms with Gasteiger partial charge in [0, 0.05) is 30.7 Å². The standard InChI is InChI=1S/C9H12N4/c1-7-5-13-6-8(3-10-2)4-11-9(13)12-7/h4-6,10H,3H2,1-2H3. The molecule has 1 N–H and O–H groups in total. The smallest absolute Gasteiger partial charge is 0.233 e. The second-order valence-corrected chi connectivity index (χ2v) is 3.08. The van der Waals surface area contributed by atoms with Gasteiger partial charge in [-0.3, -0.25) is 4.40 Å². The number of imidazole rings is 1. The highest BCUT2D eigenvalue weighted by molar-refractivity contribution is 5.31. The van der Waals surface area contributed by atoms with Gasteiger partial charge in [-0.05, 0) is 14.0 Å². The molecule has 0 aromatic carbocycles. The SMILES string of the molecule is CNCc1cnc2nc(C)cn2c1. The van der Waals surface area contributed by atoms with Crippen molar-refractivity contribution >= 4 is 5.78 Å². The molecule has 0 atom stereocenters. The van der Waals surface area contributed by atoms with Gasteiger partial charge >= 0.3 is 0 Å². The number of aryl methyl sites for hydroxylation is 1. The number of hydrogen-bond acceptors (Lipinski definition) is 3. The highest BCUT2D eigenvalue weighted by Gasteiger charge is 1.99. The fraction of sp³-hybridized carbons (Fsp3) is 0.333. The molecule has 0 unspecified atom stereocenters. The topological polar surface area (TPSA) is 42.2 Å². The predicted octanol–water partition coefficient (Wildman–Crippen LogP) is 0.757. The number of hydrogen-bond donors (Lipinski definition) is 1. The molecule has 2 heterocycles. The van der Waals surface area contributed by atoms with Crippen molar-refractivity contribution in [1.29, 1.82) is 0 Å². The molecule has 68 valence electrons. The van der Waals surface area contributed by atoms with Gasteiger partial charge < -0.3 is 5.32 Å². The van der Waals surface area contributed by atoms with Crippen molar-refractivity contribution in [1.82, 2.24) is 19.7 Å². The van der Waals surface area contributed by atoms with Crippen LogP contribution in [0.3, 0.4) is 0 Å². The van der Waals surface area contributed by atoms with E-state index in [-0.39, 0.29) is 0 Å². The van der Waals surface area contributed by atoms with E-state index >= 15 is 0 Å². The van der Waals surface area contributed by atoms with E-state index in [1.807, 2.05) is 37.0 Å². The third kappa shape index (κ3) is 1.53. The molecule has 0 aliphatic rings. The van der Waals surface area contributed by atoms with Crippen LogP contribution in [0.15, 0.2) is 18.6 Å². The second kappa shape index (κ2) is 3.14. The molecule has 0 bridgehead atoms. The molecule has 0 aliphatic heterocycles. The van der Waals surface area contributed by atoms with Gasteiger partial charge in [0.25, 0.3) is 0 Å². The zero-order chi connectivity index (χ0) is 9.26. The summed E-state index contributed by atoms with van der Waals surface area (Å²) in [6.07, 6.45) is 5.86. The van der Waals surface area contributed by atoms with Crippen LogP contribution >= 0.6 is 0 Å². The van der Waals surface area contributed by atoms with E-state index < -0.39 is 0 Å². The quantitative estimate of drug-likeness (QED) is 0.734. The molecule has 0 aliphatic carbocycles. The molecule has 0 amide bonds. The molecule has 0 spiro atoms. The van der Waals surface area contributed by atoms with Crippen LogP contribution in [-0.2, 0) is 6.54 Å². The van der Waals surface area contributed by atoms with Gasteiger partial charge in [0.2, 0.25) is 5.78 Å². The van der Waals surface area contributed by atoms with Crippen molar-refractivity contribution < 1.29 is 0 Å². The summed E-state index contributed by atoms with van der Waals surface area (Å²) in [7, 11) is 1.92. The first-order chi connectivity index (χ1) is 6.29. The Morgan fingerprint density at radius 2 is 2.31 bits per heavy atom. The summed E-state index contributed by atoms with van der Waals surface area (Å²) >= 11 is 0. The first kappa shape index (κ1) is 8.19. The maximum atomic E-state index is 4.25. The summed E-state index contributed by atoms with van der Waals surface area (Å²) in [5.41, 5.74) is 2.15. The largest absolute Gasteiger partial charge is 0.316 e. The van der Waals surface area contributed by atoms with Gasteiger partial charge in [0.15, 0.2) is 0 Å². The average molecular weight is 176 g/mol. The van der Waals surface area contributed by atoms with E-state index in [2.05, 4.69) is 15.3 Å². The van der Waals surface area contributed by atoms with Crippen LogP contribution in [0.5, 0.6) is 0 Å². The van der Waals surface area contributed by atoms with Crippen LogP contribution in [0.1, 0.15) is 11.3 Å². The zero-order valence-corrected chi connectivity index (χ0v) is 7.78. The third-order valence-corrected chi connectivity index (χ3v) is 1.86. The maximum Gasteiger partial charge on any atom is 0.233 e. The summed E-state index contributed by atoms with van der Waals surface area (Å²) in [5, 5.41) is 3.08. The van der Waals surface area contributed by atoms with Crippen LogP contribution in [-0.4, -0.2) is 21.4 Å². The van der Waals surface area contributed by atoms with Gasteiger partial charge in [0.1, 0.15) is 0 Å². The minimum atomic E-state index is 0.761. The highest BCUT2D eigenvalue weighted by Crippen LogP contribution is 2.03. The number of fused-ring (bicyclic) bond motifs is 1. The predicted molar refractivity (Wildman–Crippen MR) is 50.5 cm³/mol. The van der Waals surface area contributed by atoms with Gasteiger partial charge in [-0.15, -0.1) is 0 Å². The fourth-order valence-electron chi connectivity index (χ4n) is 1.34. The first-order valence-electron chi connectivity index (χ1n) is 4.24. The molecular weight excluding hydrogens is 164 g/mol. The summed E-state index contributed by atoms with van der Waals surface area (Å²) in [4.78, 5) is 8.48. The number of nitrogens with zero attached hydrogens (tertiary/aromatic N) is 3. The van der Waals surface area contributed by atoms with Crippen LogP contribution in [0, 0.1) is 6.92 Å². The lowest BCUT2D eigenvalue weighted by atomic mass is 10.3. The molecule has 4 heteroatoms. The maximum absolute atomic E-state index is 4.25. The minimum Gasteiger partial charge on any atom is -0.316 e. The number of nitrogens with one attached hydrogen (secondary N) is 1. The molecule has 0 fully saturated rings. The average Bonchev–Trinajstić information content (AvgIpc) is 2.44. The van der Waals surface area contributed by atoms with E-state index in [1.165, 1.54) is 0 Å². The lowest BCUT2D eigenvalue weighted by Gasteiger charge is -1.99. The first-order valence-corrected chi connectivity index (χ1v) is 4.24. The highest BCUT2D eigenvalue weighted by atomic mass is 15.1. The van der Waals surface area contributed by atoms with Crippen molar-refractivity contribution in [3.63, 3.8) is 0 Å².